The van der Waals surface area contributed by atoms with Crippen molar-refractivity contribution in [3.05, 3.63) is 69.7 Å². The lowest BCUT2D eigenvalue weighted by atomic mass is 10.0. The SMILES string of the molecule is O[C@H](COC(c1ccc(Cl)cc1)c1ccc(Cl)cc1)CN1CCCC1. The summed E-state index contributed by atoms with van der Waals surface area (Å²) in [5.74, 6) is 0. The van der Waals surface area contributed by atoms with Crippen molar-refractivity contribution in [1.82, 2.24) is 4.90 Å². The Morgan fingerprint density at radius 3 is 1.84 bits per heavy atom. The van der Waals surface area contributed by atoms with Gasteiger partial charge in [0.05, 0.1) is 12.7 Å². The summed E-state index contributed by atoms with van der Waals surface area (Å²) >= 11 is 12.0. The van der Waals surface area contributed by atoms with Gasteiger partial charge in [-0.25, -0.2) is 0 Å². The second kappa shape index (κ2) is 9.02. The Morgan fingerprint density at radius 2 is 1.36 bits per heavy atom. The fourth-order valence-electron chi connectivity index (χ4n) is 3.18. The zero-order chi connectivity index (χ0) is 17.6. The number of β-amino-alcohol motifs (C(OH)–C–C–N with tert-alkyl or cyclic N) is 1. The van der Waals surface area contributed by atoms with Crippen LogP contribution >= 0.6 is 23.2 Å². The second-order valence-corrected chi connectivity index (χ2v) is 7.35. The summed E-state index contributed by atoms with van der Waals surface area (Å²) in [6, 6.07) is 15.2. The smallest absolute Gasteiger partial charge is 0.108 e. The third-order valence-electron chi connectivity index (χ3n) is 4.47. The first-order chi connectivity index (χ1) is 12.1. The molecule has 1 N–H and O–H groups in total. The highest BCUT2D eigenvalue weighted by Gasteiger charge is 2.20. The van der Waals surface area contributed by atoms with Crippen molar-refractivity contribution in [2.45, 2.75) is 25.0 Å². The van der Waals surface area contributed by atoms with Crippen LogP contribution in [0.25, 0.3) is 0 Å². The molecule has 1 aliphatic rings. The average molecular weight is 380 g/mol. The van der Waals surface area contributed by atoms with Gasteiger partial charge in [-0.2, -0.15) is 0 Å². The van der Waals surface area contributed by atoms with E-state index in [2.05, 4.69) is 4.90 Å². The zero-order valence-electron chi connectivity index (χ0n) is 14.1. The molecule has 0 saturated carbocycles. The van der Waals surface area contributed by atoms with Crippen LogP contribution in [-0.2, 0) is 4.74 Å². The molecule has 0 unspecified atom stereocenters. The number of benzene rings is 2. The molecule has 1 fully saturated rings. The number of aliphatic hydroxyl groups excluding tert-OH is 1. The summed E-state index contributed by atoms with van der Waals surface area (Å²) in [4.78, 5) is 2.29. The molecule has 1 aliphatic heterocycles. The van der Waals surface area contributed by atoms with Gasteiger partial charge in [-0.05, 0) is 61.3 Å². The molecule has 0 spiro atoms. The van der Waals surface area contributed by atoms with E-state index in [1.807, 2.05) is 48.5 Å². The number of nitrogens with zero attached hydrogens (tertiary/aromatic N) is 1. The molecular formula is C20H23Cl2NO2. The van der Waals surface area contributed by atoms with E-state index in [-0.39, 0.29) is 12.7 Å². The van der Waals surface area contributed by atoms with E-state index in [1.54, 1.807) is 0 Å². The lowest BCUT2D eigenvalue weighted by Gasteiger charge is -2.23. The molecule has 1 heterocycles. The Bertz CT molecular complexity index is 609. The van der Waals surface area contributed by atoms with Crippen molar-refractivity contribution in [3.8, 4) is 0 Å². The third kappa shape index (κ3) is 5.44. The number of hydrogen-bond donors (Lipinski definition) is 1. The fourth-order valence-corrected chi connectivity index (χ4v) is 3.44. The summed E-state index contributed by atoms with van der Waals surface area (Å²) in [6.07, 6.45) is 1.67. The van der Waals surface area contributed by atoms with Crippen molar-refractivity contribution in [2.24, 2.45) is 0 Å². The molecule has 0 bridgehead atoms. The van der Waals surface area contributed by atoms with Crippen LogP contribution < -0.4 is 0 Å². The highest BCUT2D eigenvalue weighted by Crippen LogP contribution is 2.28. The fraction of sp³-hybridized carbons (Fsp3) is 0.400. The minimum atomic E-state index is -0.500. The number of rotatable bonds is 7. The third-order valence-corrected chi connectivity index (χ3v) is 4.97. The molecule has 1 atom stereocenters. The maximum Gasteiger partial charge on any atom is 0.108 e. The Hall–Kier alpha value is -1.10. The van der Waals surface area contributed by atoms with E-state index in [4.69, 9.17) is 27.9 Å². The van der Waals surface area contributed by atoms with Gasteiger partial charge >= 0.3 is 0 Å². The van der Waals surface area contributed by atoms with Gasteiger partial charge in [-0.15, -0.1) is 0 Å². The molecule has 2 aromatic carbocycles. The van der Waals surface area contributed by atoms with Gasteiger partial charge in [0, 0.05) is 16.6 Å². The zero-order valence-corrected chi connectivity index (χ0v) is 15.6. The van der Waals surface area contributed by atoms with Crippen molar-refractivity contribution >= 4 is 23.2 Å². The van der Waals surface area contributed by atoms with E-state index in [9.17, 15) is 5.11 Å². The number of hydrogen-bond acceptors (Lipinski definition) is 3. The summed E-state index contributed by atoms with van der Waals surface area (Å²) < 4.78 is 6.10. The normalized spacial score (nSPS) is 16.5. The predicted molar refractivity (Wildman–Crippen MR) is 102 cm³/mol. The Morgan fingerprint density at radius 1 is 0.880 bits per heavy atom. The second-order valence-electron chi connectivity index (χ2n) is 6.48. The molecule has 1 saturated heterocycles. The molecule has 25 heavy (non-hydrogen) atoms. The maximum absolute atomic E-state index is 10.3. The van der Waals surface area contributed by atoms with Crippen LogP contribution in [0, 0.1) is 0 Å². The number of likely N-dealkylation sites (tertiary alicyclic amines) is 1. The summed E-state index contributed by atoms with van der Waals surface area (Å²) in [7, 11) is 0. The first kappa shape index (κ1) is 18.7. The average Bonchev–Trinajstić information content (AvgIpc) is 3.11. The summed E-state index contributed by atoms with van der Waals surface area (Å²) in [5, 5.41) is 11.7. The van der Waals surface area contributed by atoms with Gasteiger partial charge in [0.25, 0.3) is 0 Å². The van der Waals surface area contributed by atoms with Crippen LogP contribution in [-0.4, -0.2) is 42.4 Å². The highest BCUT2D eigenvalue weighted by atomic mass is 35.5. The first-order valence-electron chi connectivity index (χ1n) is 8.65. The van der Waals surface area contributed by atoms with Gasteiger partial charge in [0.15, 0.2) is 0 Å². The van der Waals surface area contributed by atoms with Crippen molar-refractivity contribution < 1.29 is 9.84 Å². The minimum absolute atomic E-state index is 0.261. The van der Waals surface area contributed by atoms with E-state index in [1.165, 1.54) is 12.8 Å². The van der Waals surface area contributed by atoms with Crippen LogP contribution in [0.1, 0.15) is 30.1 Å². The van der Waals surface area contributed by atoms with Crippen LogP contribution in [0.2, 0.25) is 10.0 Å². The van der Waals surface area contributed by atoms with E-state index in [0.717, 1.165) is 24.2 Å². The molecule has 0 aromatic heterocycles. The Kier molecular flexibility index (Phi) is 6.74. The van der Waals surface area contributed by atoms with Crippen molar-refractivity contribution in [3.63, 3.8) is 0 Å². The summed E-state index contributed by atoms with van der Waals surface area (Å²) in [5.41, 5.74) is 2.00. The topological polar surface area (TPSA) is 32.7 Å². The largest absolute Gasteiger partial charge is 0.389 e. The molecule has 0 amide bonds. The number of aliphatic hydroxyl groups is 1. The lowest BCUT2D eigenvalue weighted by Crippen LogP contribution is -2.33. The maximum atomic E-state index is 10.3. The quantitative estimate of drug-likeness (QED) is 0.765. The van der Waals surface area contributed by atoms with Crippen molar-refractivity contribution in [2.75, 3.05) is 26.2 Å². The van der Waals surface area contributed by atoms with Gasteiger partial charge in [-0.3, -0.25) is 0 Å². The molecule has 0 radical (unpaired) electrons. The van der Waals surface area contributed by atoms with Gasteiger partial charge < -0.3 is 14.7 Å². The summed E-state index contributed by atoms with van der Waals surface area (Å²) in [6.45, 7) is 3.07. The Labute approximate surface area is 159 Å². The van der Waals surface area contributed by atoms with E-state index in [0.29, 0.717) is 16.6 Å². The van der Waals surface area contributed by atoms with Gasteiger partial charge in [-0.1, -0.05) is 47.5 Å². The van der Waals surface area contributed by atoms with Crippen LogP contribution in [0.15, 0.2) is 48.5 Å². The molecule has 134 valence electrons. The first-order valence-corrected chi connectivity index (χ1v) is 9.40. The van der Waals surface area contributed by atoms with Gasteiger partial charge in [0.1, 0.15) is 6.10 Å². The predicted octanol–water partition coefficient (Wildman–Crippen LogP) is 4.56. The van der Waals surface area contributed by atoms with E-state index < -0.39 is 6.10 Å². The van der Waals surface area contributed by atoms with E-state index >= 15 is 0 Å². The molecular weight excluding hydrogens is 357 g/mol. The monoisotopic (exact) mass is 379 g/mol. The standard InChI is InChI=1S/C20H23Cl2NO2/c21-17-7-3-15(4-8-17)20(16-5-9-18(22)10-6-16)25-14-19(24)13-23-11-1-2-12-23/h3-10,19-20,24H,1-2,11-14H2/t19-/m0/s1. The molecule has 3 nitrogen and oxygen atoms in total. The van der Waals surface area contributed by atoms with Crippen LogP contribution in [0.4, 0.5) is 0 Å². The molecule has 5 heteroatoms. The Balaban J connectivity index is 1.69. The molecule has 0 aliphatic carbocycles. The lowest BCUT2D eigenvalue weighted by molar-refractivity contribution is -0.00571. The van der Waals surface area contributed by atoms with Gasteiger partial charge in [0.2, 0.25) is 0 Å². The van der Waals surface area contributed by atoms with Crippen LogP contribution in [0.3, 0.4) is 0 Å². The molecule has 3 rings (SSSR count). The van der Waals surface area contributed by atoms with Crippen LogP contribution in [0.5, 0.6) is 0 Å². The molecule has 2 aromatic rings. The minimum Gasteiger partial charge on any atom is -0.389 e. The van der Waals surface area contributed by atoms with Crippen molar-refractivity contribution in [1.29, 1.82) is 0 Å². The number of ether oxygens (including phenoxy) is 1. The highest BCUT2D eigenvalue weighted by molar-refractivity contribution is 6.30. The number of halogens is 2.